The van der Waals surface area contributed by atoms with Crippen molar-refractivity contribution in [2.24, 2.45) is 0 Å². The molecule has 1 N–H and O–H groups in total. The average Bonchev–Trinajstić information content (AvgIpc) is 2.39. The van der Waals surface area contributed by atoms with Gasteiger partial charge in [0, 0.05) is 19.7 Å². The molecule has 1 aliphatic carbocycles. The maximum Gasteiger partial charge on any atom is 0.119 e. The molecule has 19 heavy (non-hydrogen) atoms. The van der Waals surface area contributed by atoms with E-state index in [0.717, 1.165) is 12.3 Å². The van der Waals surface area contributed by atoms with E-state index in [2.05, 4.69) is 24.4 Å². The van der Waals surface area contributed by atoms with Gasteiger partial charge in [-0.1, -0.05) is 12.1 Å². The molecular weight excluding hydrogens is 238 g/mol. The first kappa shape index (κ1) is 14.4. The molecular formula is C16H25NO2. The van der Waals surface area contributed by atoms with Crippen LogP contribution in [0, 0.1) is 0 Å². The molecule has 0 aromatic heterocycles. The molecule has 0 aliphatic heterocycles. The van der Waals surface area contributed by atoms with Crippen LogP contribution in [0.4, 0.5) is 0 Å². The standard InChI is InChI=1S/C16H25NO2/c1-4-19-15-8-6-14(7-9-15)13(2)17-12-16(18-3)10-5-11-16/h6-9,13,17H,4-5,10-12H2,1-3H3. The quantitative estimate of drug-likeness (QED) is 0.818. The van der Waals surface area contributed by atoms with Gasteiger partial charge in [-0.3, -0.25) is 0 Å². The van der Waals surface area contributed by atoms with Crippen molar-refractivity contribution in [1.29, 1.82) is 0 Å². The smallest absolute Gasteiger partial charge is 0.119 e. The molecule has 1 aromatic carbocycles. The Kier molecular flexibility index (Phi) is 4.83. The predicted octanol–water partition coefficient (Wildman–Crippen LogP) is 3.31. The second kappa shape index (κ2) is 6.40. The van der Waals surface area contributed by atoms with E-state index >= 15 is 0 Å². The van der Waals surface area contributed by atoms with Crippen molar-refractivity contribution in [2.45, 2.75) is 44.8 Å². The molecule has 1 unspecified atom stereocenters. The zero-order valence-electron chi connectivity index (χ0n) is 12.2. The van der Waals surface area contributed by atoms with Gasteiger partial charge in [-0.05, 0) is 50.8 Å². The van der Waals surface area contributed by atoms with Crippen LogP contribution < -0.4 is 10.1 Å². The van der Waals surface area contributed by atoms with Gasteiger partial charge in [0.05, 0.1) is 12.2 Å². The summed E-state index contributed by atoms with van der Waals surface area (Å²) in [6.07, 6.45) is 3.63. The largest absolute Gasteiger partial charge is 0.494 e. The van der Waals surface area contributed by atoms with Gasteiger partial charge in [0.15, 0.2) is 0 Å². The van der Waals surface area contributed by atoms with Gasteiger partial charge in [0.25, 0.3) is 0 Å². The fourth-order valence-corrected chi connectivity index (χ4v) is 2.50. The lowest BCUT2D eigenvalue weighted by Gasteiger charge is -2.41. The highest BCUT2D eigenvalue weighted by molar-refractivity contribution is 5.29. The Labute approximate surface area is 116 Å². The first-order valence-corrected chi connectivity index (χ1v) is 7.20. The van der Waals surface area contributed by atoms with Crippen LogP contribution in [0.1, 0.15) is 44.7 Å². The fraction of sp³-hybridized carbons (Fsp3) is 0.625. The molecule has 2 rings (SSSR count). The Bertz CT molecular complexity index is 379. The SMILES string of the molecule is CCOc1ccc(C(C)NCC2(OC)CCC2)cc1. The maximum absolute atomic E-state index is 5.63. The number of ether oxygens (including phenoxy) is 2. The molecule has 1 aromatic rings. The molecule has 3 heteroatoms. The third-order valence-corrected chi connectivity index (χ3v) is 4.12. The van der Waals surface area contributed by atoms with Crippen molar-refractivity contribution in [3.63, 3.8) is 0 Å². The van der Waals surface area contributed by atoms with Gasteiger partial charge in [0.2, 0.25) is 0 Å². The van der Waals surface area contributed by atoms with Crippen LogP contribution in [0.5, 0.6) is 5.75 Å². The molecule has 0 saturated heterocycles. The second-order valence-corrected chi connectivity index (χ2v) is 5.35. The Morgan fingerprint density at radius 3 is 2.42 bits per heavy atom. The second-order valence-electron chi connectivity index (χ2n) is 5.35. The molecule has 0 bridgehead atoms. The van der Waals surface area contributed by atoms with Crippen molar-refractivity contribution in [3.8, 4) is 5.75 Å². The minimum absolute atomic E-state index is 0.0829. The van der Waals surface area contributed by atoms with Crippen LogP contribution in [-0.2, 0) is 4.74 Å². The molecule has 0 radical (unpaired) electrons. The highest BCUT2D eigenvalue weighted by Gasteiger charge is 2.36. The Hall–Kier alpha value is -1.06. The lowest BCUT2D eigenvalue weighted by Crippen LogP contribution is -2.48. The number of benzene rings is 1. The summed E-state index contributed by atoms with van der Waals surface area (Å²) in [6, 6.07) is 8.66. The van der Waals surface area contributed by atoms with Crippen molar-refractivity contribution in [3.05, 3.63) is 29.8 Å². The van der Waals surface area contributed by atoms with E-state index in [1.807, 2.05) is 26.2 Å². The van der Waals surface area contributed by atoms with E-state index in [1.54, 1.807) is 0 Å². The normalized spacial score (nSPS) is 18.7. The summed E-state index contributed by atoms with van der Waals surface area (Å²) in [6.45, 7) is 5.83. The van der Waals surface area contributed by atoms with E-state index in [0.29, 0.717) is 12.6 Å². The first-order valence-electron chi connectivity index (χ1n) is 7.20. The molecule has 3 nitrogen and oxygen atoms in total. The van der Waals surface area contributed by atoms with E-state index in [-0.39, 0.29) is 5.60 Å². The predicted molar refractivity (Wildman–Crippen MR) is 77.6 cm³/mol. The third kappa shape index (κ3) is 3.48. The molecule has 1 atom stereocenters. The average molecular weight is 263 g/mol. The number of rotatable bonds is 7. The van der Waals surface area contributed by atoms with E-state index in [9.17, 15) is 0 Å². The van der Waals surface area contributed by atoms with Crippen LogP contribution in [-0.4, -0.2) is 25.9 Å². The number of nitrogens with one attached hydrogen (secondary N) is 1. The molecule has 1 fully saturated rings. The minimum Gasteiger partial charge on any atom is -0.494 e. The van der Waals surface area contributed by atoms with Crippen LogP contribution in [0.3, 0.4) is 0 Å². The molecule has 0 heterocycles. The molecule has 1 saturated carbocycles. The van der Waals surface area contributed by atoms with Crippen molar-refractivity contribution in [2.75, 3.05) is 20.3 Å². The summed E-state index contributed by atoms with van der Waals surface area (Å²) >= 11 is 0. The Morgan fingerprint density at radius 2 is 1.95 bits per heavy atom. The van der Waals surface area contributed by atoms with Crippen molar-refractivity contribution in [1.82, 2.24) is 5.32 Å². The third-order valence-electron chi connectivity index (χ3n) is 4.12. The minimum atomic E-state index is 0.0829. The summed E-state index contributed by atoms with van der Waals surface area (Å²) in [7, 11) is 1.82. The van der Waals surface area contributed by atoms with E-state index < -0.39 is 0 Å². The Morgan fingerprint density at radius 1 is 1.26 bits per heavy atom. The fourth-order valence-electron chi connectivity index (χ4n) is 2.50. The zero-order chi connectivity index (χ0) is 13.7. The first-order chi connectivity index (χ1) is 9.19. The number of hydrogen-bond acceptors (Lipinski definition) is 3. The lowest BCUT2D eigenvalue weighted by molar-refractivity contribution is -0.0706. The van der Waals surface area contributed by atoms with Gasteiger partial charge in [-0.15, -0.1) is 0 Å². The van der Waals surface area contributed by atoms with Gasteiger partial charge < -0.3 is 14.8 Å². The monoisotopic (exact) mass is 263 g/mol. The summed E-state index contributed by atoms with van der Waals surface area (Å²) < 4.78 is 11.1. The van der Waals surface area contributed by atoms with E-state index in [4.69, 9.17) is 9.47 Å². The number of methoxy groups -OCH3 is 1. The summed E-state index contributed by atoms with van der Waals surface area (Å²) in [5, 5.41) is 3.58. The highest BCUT2D eigenvalue weighted by Crippen LogP contribution is 2.34. The van der Waals surface area contributed by atoms with Crippen LogP contribution in [0.2, 0.25) is 0 Å². The number of hydrogen-bond donors (Lipinski definition) is 1. The van der Waals surface area contributed by atoms with E-state index in [1.165, 1.54) is 24.8 Å². The lowest BCUT2D eigenvalue weighted by atomic mass is 9.80. The summed E-state index contributed by atoms with van der Waals surface area (Å²) in [5.74, 6) is 0.936. The van der Waals surface area contributed by atoms with Crippen LogP contribution in [0.25, 0.3) is 0 Å². The zero-order valence-corrected chi connectivity index (χ0v) is 12.2. The van der Waals surface area contributed by atoms with Gasteiger partial charge in [0.1, 0.15) is 5.75 Å². The van der Waals surface area contributed by atoms with Crippen molar-refractivity contribution >= 4 is 0 Å². The van der Waals surface area contributed by atoms with Crippen LogP contribution >= 0.6 is 0 Å². The van der Waals surface area contributed by atoms with Crippen LogP contribution in [0.15, 0.2) is 24.3 Å². The molecule has 0 amide bonds. The van der Waals surface area contributed by atoms with Gasteiger partial charge >= 0.3 is 0 Å². The maximum atomic E-state index is 5.63. The highest BCUT2D eigenvalue weighted by atomic mass is 16.5. The molecule has 106 valence electrons. The van der Waals surface area contributed by atoms with Crippen molar-refractivity contribution < 1.29 is 9.47 Å². The molecule has 1 aliphatic rings. The van der Waals surface area contributed by atoms with Gasteiger partial charge in [-0.2, -0.15) is 0 Å². The Balaban J connectivity index is 1.86. The summed E-state index contributed by atoms with van der Waals surface area (Å²) in [5.41, 5.74) is 1.37. The van der Waals surface area contributed by atoms with Gasteiger partial charge in [-0.25, -0.2) is 0 Å². The topological polar surface area (TPSA) is 30.5 Å². The summed E-state index contributed by atoms with van der Waals surface area (Å²) in [4.78, 5) is 0. The molecule has 0 spiro atoms.